The van der Waals surface area contributed by atoms with Crippen LogP contribution in [0.3, 0.4) is 0 Å². The van der Waals surface area contributed by atoms with Crippen LogP contribution in [0.15, 0.2) is 41.0 Å². The number of nitrogens with one attached hydrogen (secondary N) is 2. The van der Waals surface area contributed by atoms with Crippen molar-refractivity contribution in [2.45, 2.75) is 12.5 Å². The Morgan fingerprint density at radius 2 is 2.00 bits per heavy atom. The largest absolute Gasteiger partial charge is 0.496 e. The number of piperazine rings is 1. The predicted molar refractivity (Wildman–Crippen MR) is 144 cm³/mol. The minimum Gasteiger partial charge on any atom is -0.496 e. The van der Waals surface area contributed by atoms with E-state index in [1.165, 1.54) is 0 Å². The number of aromatic amines is 1. The maximum atomic E-state index is 12.2. The zero-order chi connectivity index (χ0) is 25.0. The van der Waals surface area contributed by atoms with Gasteiger partial charge >= 0.3 is 0 Å². The summed E-state index contributed by atoms with van der Waals surface area (Å²) in [6.45, 7) is 4.06. The summed E-state index contributed by atoms with van der Waals surface area (Å²) in [5.74, 6) is 1.40. The molecule has 9 nitrogen and oxygen atoms in total. The molecule has 1 saturated carbocycles. The summed E-state index contributed by atoms with van der Waals surface area (Å²) in [5, 5.41) is 3.61. The number of hydrogen-bond donors (Lipinski definition) is 3. The van der Waals surface area contributed by atoms with E-state index in [2.05, 4.69) is 78.4 Å². The van der Waals surface area contributed by atoms with Gasteiger partial charge in [-0.1, -0.05) is 12.2 Å². The normalized spacial score (nSPS) is 25.6. The monoisotopic (exact) mass is 551 g/mol. The average Bonchev–Trinajstić information content (AvgIpc) is 3.60. The summed E-state index contributed by atoms with van der Waals surface area (Å²) in [6.07, 6.45) is 7.01. The van der Waals surface area contributed by atoms with E-state index in [1.807, 2.05) is 0 Å². The lowest BCUT2D eigenvalue weighted by atomic mass is 9.88. The van der Waals surface area contributed by atoms with E-state index in [-0.39, 0.29) is 29.7 Å². The fourth-order valence-corrected chi connectivity index (χ4v) is 6.33. The van der Waals surface area contributed by atoms with Crippen LogP contribution < -0.4 is 20.7 Å². The van der Waals surface area contributed by atoms with E-state index in [4.69, 9.17) is 15.5 Å². The minimum atomic E-state index is -0.263. The Labute approximate surface area is 218 Å². The van der Waals surface area contributed by atoms with Gasteiger partial charge in [0.1, 0.15) is 17.1 Å². The van der Waals surface area contributed by atoms with Crippen molar-refractivity contribution in [3.8, 4) is 17.1 Å². The number of pyridine rings is 1. The third kappa shape index (κ3) is 3.92. The number of ether oxygens (including phenoxy) is 1. The van der Waals surface area contributed by atoms with Crippen molar-refractivity contribution >= 4 is 44.4 Å². The number of amides is 1. The number of anilines is 2. The molecule has 0 spiro atoms. The fraction of sp³-hybridized carbons (Fsp3) is 0.423. The molecule has 6 rings (SSSR count). The molecular weight excluding hydrogens is 522 g/mol. The number of nitrogens with two attached hydrogens (primary N) is 1. The Bertz CT molecular complexity index is 1350. The Hall–Kier alpha value is -3.11. The predicted octanol–water partition coefficient (Wildman–Crippen LogP) is 3.24. The van der Waals surface area contributed by atoms with Gasteiger partial charge in [0, 0.05) is 50.2 Å². The van der Waals surface area contributed by atoms with E-state index in [0.29, 0.717) is 11.5 Å². The molecule has 2 aliphatic carbocycles. The summed E-state index contributed by atoms with van der Waals surface area (Å²) in [5.41, 5.74) is 10.0. The molecule has 3 aromatic rings. The molecule has 0 unspecified atom stereocenters. The second-order valence-corrected chi connectivity index (χ2v) is 10.8. The van der Waals surface area contributed by atoms with Crippen LogP contribution in [0.1, 0.15) is 6.42 Å². The Morgan fingerprint density at radius 1 is 1.22 bits per heavy atom. The lowest BCUT2D eigenvalue weighted by Crippen LogP contribution is -2.44. The SMILES string of the molecule is COc1cc(N2CCN(C)CC2)ccc1-c1nc2ncc(Br)c(N[C@H]3[C@@H](C(N)=O)[C@@H]4C=C[C@@H]3C4)c2[nH]1. The van der Waals surface area contributed by atoms with Crippen molar-refractivity contribution in [1.29, 1.82) is 0 Å². The Kier molecular flexibility index (Phi) is 5.88. The summed E-state index contributed by atoms with van der Waals surface area (Å²) in [7, 11) is 3.84. The molecule has 1 amide bonds. The van der Waals surface area contributed by atoms with Crippen LogP contribution in [0.2, 0.25) is 0 Å². The highest BCUT2D eigenvalue weighted by atomic mass is 79.9. The van der Waals surface area contributed by atoms with E-state index < -0.39 is 0 Å². The number of H-pyrrole nitrogens is 1. The van der Waals surface area contributed by atoms with Crippen molar-refractivity contribution in [1.82, 2.24) is 19.9 Å². The number of aromatic nitrogens is 3. The van der Waals surface area contributed by atoms with Crippen LogP contribution >= 0.6 is 15.9 Å². The second-order valence-electron chi connectivity index (χ2n) is 9.99. The number of fused-ring (bicyclic) bond motifs is 3. The molecule has 4 N–H and O–H groups in total. The van der Waals surface area contributed by atoms with Crippen molar-refractivity contribution in [3.63, 3.8) is 0 Å². The maximum Gasteiger partial charge on any atom is 0.223 e. The Balaban J connectivity index is 1.34. The number of nitrogens with zero attached hydrogens (tertiary/aromatic N) is 4. The molecule has 3 heterocycles. The van der Waals surface area contributed by atoms with Crippen molar-refractivity contribution in [2.24, 2.45) is 23.5 Å². The van der Waals surface area contributed by atoms with Crippen LogP contribution in [0.5, 0.6) is 5.75 Å². The molecule has 4 atom stereocenters. The third-order valence-corrected chi connectivity index (χ3v) is 8.48. The molecule has 188 valence electrons. The molecule has 1 aromatic carbocycles. The van der Waals surface area contributed by atoms with Gasteiger partial charge in [0.2, 0.25) is 5.91 Å². The number of primary amides is 1. The number of carbonyl (C=O) groups is 1. The number of rotatable bonds is 6. The maximum absolute atomic E-state index is 12.2. The van der Waals surface area contributed by atoms with Gasteiger partial charge in [-0.05, 0) is 53.4 Å². The lowest BCUT2D eigenvalue weighted by molar-refractivity contribution is -0.122. The molecule has 1 aliphatic heterocycles. The molecule has 0 radical (unpaired) electrons. The van der Waals surface area contributed by atoms with Gasteiger partial charge in [0.25, 0.3) is 0 Å². The first kappa shape index (κ1) is 23.3. The second kappa shape index (κ2) is 9.08. The summed E-state index contributed by atoms with van der Waals surface area (Å²) in [4.78, 5) is 29.7. The number of allylic oxidation sites excluding steroid dienone is 1. The summed E-state index contributed by atoms with van der Waals surface area (Å²) < 4.78 is 6.59. The average molecular weight is 552 g/mol. The summed E-state index contributed by atoms with van der Waals surface area (Å²) >= 11 is 3.65. The van der Waals surface area contributed by atoms with Gasteiger partial charge < -0.3 is 30.6 Å². The van der Waals surface area contributed by atoms with Crippen LogP contribution in [0.25, 0.3) is 22.6 Å². The number of methoxy groups -OCH3 is 1. The van der Waals surface area contributed by atoms with Gasteiger partial charge in [-0.2, -0.15) is 0 Å². The van der Waals surface area contributed by atoms with Gasteiger partial charge in [0.05, 0.1) is 28.8 Å². The van der Waals surface area contributed by atoms with Gasteiger partial charge in [0.15, 0.2) is 5.65 Å². The zero-order valence-electron chi connectivity index (χ0n) is 20.4. The first-order valence-electron chi connectivity index (χ1n) is 12.3. The first-order chi connectivity index (χ1) is 17.4. The van der Waals surface area contributed by atoms with E-state index >= 15 is 0 Å². The highest BCUT2D eigenvalue weighted by Gasteiger charge is 2.47. The highest BCUT2D eigenvalue weighted by molar-refractivity contribution is 9.10. The third-order valence-electron chi connectivity index (χ3n) is 7.88. The van der Waals surface area contributed by atoms with Crippen molar-refractivity contribution < 1.29 is 9.53 Å². The van der Waals surface area contributed by atoms with Crippen molar-refractivity contribution in [3.05, 3.63) is 41.0 Å². The number of likely N-dealkylation sites (N-methyl/N-ethyl adjacent to an activating group) is 1. The molecule has 3 aliphatic rings. The number of benzene rings is 1. The van der Waals surface area contributed by atoms with Gasteiger partial charge in [-0.15, -0.1) is 0 Å². The molecular formula is C26H30BrN7O2. The quantitative estimate of drug-likeness (QED) is 0.403. The number of hydrogen-bond acceptors (Lipinski definition) is 7. The topological polar surface area (TPSA) is 112 Å². The lowest BCUT2D eigenvalue weighted by Gasteiger charge is -2.34. The standard InChI is InChI=1S/C26H30BrN7O2/c1-33-7-9-34(10-8-33)16-5-6-17(19(12-16)36-2)25-31-23-22(18(27)13-29-26(23)32-25)30-21-15-4-3-14(11-15)20(21)24(28)35/h3-6,12-15,20-21H,7-11H2,1-2H3,(H2,28,35)(H2,29,30,31,32)/t14-,15-,20+,21-/m1/s1. The number of imidazole rings is 1. The molecule has 2 aromatic heterocycles. The van der Waals surface area contributed by atoms with E-state index in [1.54, 1.807) is 13.3 Å². The Morgan fingerprint density at radius 3 is 2.75 bits per heavy atom. The summed E-state index contributed by atoms with van der Waals surface area (Å²) in [6, 6.07) is 6.19. The minimum absolute atomic E-state index is 0.0662. The molecule has 2 bridgehead atoms. The van der Waals surface area contributed by atoms with Crippen LogP contribution in [0.4, 0.5) is 11.4 Å². The smallest absolute Gasteiger partial charge is 0.223 e. The number of carbonyl (C=O) groups excluding carboxylic acids is 1. The van der Waals surface area contributed by atoms with E-state index in [9.17, 15) is 4.79 Å². The highest BCUT2D eigenvalue weighted by Crippen LogP contribution is 2.46. The van der Waals surface area contributed by atoms with Crippen LogP contribution in [0, 0.1) is 17.8 Å². The zero-order valence-corrected chi connectivity index (χ0v) is 22.0. The molecule has 1 saturated heterocycles. The molecule has 36 heavy (non-hydrogen) atoms. The molecule has 2 fully saturated rings. The van der Waals surface area contributed by atoms with E-state index in [0.717, 1.165) is 65.3 Å². The van der Waals surface area contributed by atoms with Gasteiger partial charge in [-0.25, -0.2) is 9.97 Å². The molecule has 10 heteroatoms. The van der Waals surface area contributed by atoms with Crippen LogP contribution in [-0.2, 0) is 4.79 Å². The first-order valence-corrected chi connectivity index (χ1v) is 13.1. The fourth-order valence-electron chi connectivity index (χ4n) is 5.91. The van der Waals surface area contributed by atoms with Crippen LogP contribution in [-0.4, -0.2) is 72.1 Å². The van der Waals surface area contributed by atoms with Gasteiger partial charge in [-0.3, -0.25) is 4.79 Å². The number of halogens is 1. The van der Waals surface area contributed by atoms with Crippen molar-refractivity contribution in [2.75, 3.05) is 50.6 Å².